The van der Waals surface area contributed by atoms with Crippen molar-refractivity contribution in [3.63, 3.8) is 0 Å². The molecule has 138 valence electrons. The molecule has 0 spiro atoms. The van der Waals surface area contributed by atoms with Gasteiger partial charge in [0.1, 0.15) is 0 Å². The van der Waals surface area contributed by atoms with Gasteiger partial charge in [0, 0.05) is 24.8 Å². The lowest BCUT2D eigenvalue weighted by Crippen LogP contribution is -2.53. The molecule has 2 aromatic rings. The molecule has 0 N–H and O–H groups in total. The molecule has 2 aliphatic heterocycles. The number of hydrogen-bond acceptors (Lipinski definition) is 2. The molecule has 4 nitrogen and oxygen atoms in total. The monoisotopic (exact) mass is 359 g/mol. The van der Waals surface area contributed by atoms with Crippen LogP contribution in [0.15, 0.2) is 54.6 Å². The van der Waals surface area contributed by atoms with Gasteiger partial charge in [0.25, 0.3) is 0 Å². The molecule has 1 atom stereocenters. The van der Waals surface area contributed by atoms with E-state index in [0.717, 1.165) is 24.1 Å². The first-order valence-electron chi connectivity index (χ1n) is 9.77. The topological polar surface area (TPSA) is 47.3 Å². The van der Waals surface area contributed by atoms with Crippen LogP contribution in [0, 0.1) is 11.3 Å². The molecule has 0 saturated carbocycles. The van der Waals surface area contributed by atoms with Gasteiger partial charge in [0.15, 0.2) is 0 Å². The van der Waals surface area contributed by atoms with Crippen LogP contribution < -0.4 is 4.90 Å². The van der Waals surface area contributed by atoms with E-state index >= 15 is 0 Å². The number of para-hydroxylation sites is 1. The van der Waals surface area contributed by atoms with Gasteiger partial charge in [-0.3, -0.25) is 4.90 Å². The lowest BCUT2D eigenvalue weighted by molar-refractivity contribution is 0.174. The lowest BCUT2D eigenvalue weighted by Gasteiger charge is -2.42. The van der Waals surface area contributed by atoms with Crippen molar-refractivity contribution in [1.29, 1.82) is 5.26 Å². The predicted octanol–water partition coefficient (Wildman–Crippen LogP) is 4.51. The number of benzene rings is 2. The van der Waals surface area contributed by atoms with Crippen LogP contribution in [0.5, 0.6) is 0 Å². The van der Waals surface area contributed by atoms with Crippen molar-refractivity contribution in [2.45, 2.75) is 44.1 Å². The first kappa shape index (κ1) is 17.6. The fourth-order valence-corrected chi connectivity index (χ4v) is 4.43. The Morgan fingerprint density at radius 3 is 2.44 bits per heavy atom. The molecule has 27 heavy (non-hydrogen) atoms. The van der Waals surface area contributed by atoms with E-state index in [2.05, 4.69) is 25.1 Å². The molecule has 0 bridgehead atoms. The van der Waals surface area contributed by atoms with Gasteiger partial charge in [0.2, 0.25) is 0 Å². The molecular weight excluding hydrogens is 334 g/mol. The van der Waals surface area contributed by atoms with Crippen LogP contribution in [0.4, 0.5) is 10.5 Å². The van der Waals surface area contributed by atoms with Crippen molar-refractivity contribution in [1.82, 2.24) is 4.90 Å². The molecule has 2 aromatic carbocycles. The number of likely N-dealkylation sites (tertiary alicyclic amines) is 1. The molecule has 2 amide bonds. The van der Waals surface area contributed by atoms with Crippen molar-refractivity contribution in [3.05, 3.63) is 65.7 Å². The Morgan fingerprint density at radius 1 is 1.07 bits per heavy atom. The number of amides is 2. The molecule has 1 unspecified atom stereocenters. The van der Waals surface area contributed by atoms with E-state index in [1.165, 1.54) is 5.56 Å². The molecule has 4 heteroatoms. The third-order valence-corrected chi connectivity index (χ3v) is 6.16. The maximum Gasteiger partial charge on any atom is 0.324 e. The van der Waals surface area contributed by atoms with Gasteiger partial charge in [-0.05, 0) is 49.8 Å². The SMILES string of the molecule is CC1CCc2ccccc2N1C(=O)N1CCC(C#N)(c2ccccc2)CC1. The second-order valence-electron chi connectivity index (χ2n) is 7.72. The summed E-state index contributed by atoms with van der Waals surface area (Å²) >= 11 is 0. The highest BCUT2D eigenvalue weighted by Gasteiger charge is 2.40. The highest BCUT2D eigenvalue weighted by Crippen LogP contribution is 2.37. The van der Waals surface area contributed by atoms with E-state index in [0.29, 0.717) is 25.9 Å². The van der Waals surface area contributed by atoms with E-state index in [-0.39, 0.29) is 12.1 Å². The second-order valence-corrected chi connectivity index (χ2v) is 7.72. The summed E-state index contributed by atoms with van der Waals surface area (Å²) in [7, 11) is 0. The number of nitriles is 1. The number of carbonyl (C=O) groups is 1. The lowest BCUT2D eigenvalue weighted by atomic mass is 9.74. The molecule has 2 aliphatic rings. The number of aryl methyl sites for hydroxylation is 1. The Hall–Kier alpha value is -2.80. The van der Waals surface area contributed by atoms with Crippen LogP contribution >= 0.6 is 0 Å². The number of fused-ring (bicyclic) bond motifs is 1. The highest BCUT2D eigenvalue weighted by atomic mass is 16.2. The number of carbonyl (C=O) groups excluding carboxylic acids is 1. The summed E-state index contributed by atoms with van der Waals surface area (Å²) in [6.45, 7) is 3.36. The average Bonchev–Trinajstić information content (AvgIpc) is 2.74. The fraction of sp³-hybridized carbons (Fsp3) is 0.391. The van der Waals surface area contributed by atoms with E-state index in [9.17, 15) is 10.1 Å². The van der Waals surface area contributed by atoms with E-state index in [1.54, 1.807) is 0 Å². The molecule has 0 aliphatic carbocycles. The van der Waals surface area contributed by atoms with Gasteiger partial charge in [-0.25, -0.2) is 4.79 Å². The Labute approximate surface area is 161 Å². The summed E-state index contributed by atoms with van der Waals surface area (Å²) in [5.41, 5.74) is 2.87. The molecule has 1 saturated heterocycles. The molecule has 0 radical (unpaired) electrons. The summed E-state index contributed by atoms with van der Waals surface area (Å²) in [6, 6.07) is 21.0. The Bertz CT molecular complexity index is 863. The average molecular weight is 359 g/mol. The van der Waals surface area contributed by atoms with Gasteiger partial charge < -0.3 is 4.90 Å². The maximum absolute atomic E-state index is 13.3. The minimum absolute atomic E-state index is 0.0780. The van der Waals surface area contributed by atoms with E-state index in [1.807, 2.05) is 52.3 Å². The zero-order valence-corrected chi connectivity index (χ0v) is 15.8. The molecular formula is C23H25N3O. The summed E-state index contributed by atoms with van der Waals surface area (Å²) < 4.78 is 0. The number of urea groups is 1. The smallest absolute Gasteiger partial charge is 0.324 e. The summed E-state index contributed by atoms with van der Waals surface area (Å²) in [6.07, 6.45) is 3.38. The Kier molecular flexibility index (Phi) is 4.61. The van der Waals surface area contributed by atoms with Crippen LogP contribution in [-0.2, 0) is 11.8 Å². The van der Waals surface area contributed by atoms with Crippen molar-refractivity contribution in [3.8, 4) is 6.07 Å². The Balaban J connectivity index is 1.53. The quantitative estimate of drug-likeness (QED) is 0.752. The van der Waals surface area contributed by atoms with Crippen LogP contribution in [0.1, 0.15) is 37.3 Å². The number of hydrogen-bond donors (Lipinski definition) is 0. The largest absolute Gasteiger partial charge is 0.324 e. The van der Waals surface area contributed by atoms with E-state index < -0.39 is 5.41 Å². The minimum Gasteiger partial charge on any atom is -0.324 e. The zero-order valence-electron chi connectivity index (χ0n) is 15.8. The van der Waals surface area contributed by atoms with Gasteiger partial charge in [-0.2, -0.15) is 5.26 Å². The standard InChI is InChI=1S/C23H25N3O/c1-18-11-12-19-7-5-6-10-21(19)26(18)22(27)25-15-13-23(17-24,14-16-25)20-8-3-2-4-9-20/h2-10,18H,11-16H2,1H3. The zero-order chi connectivity index (χ0) is 18.9. The van der Waals surface area contributed by atoms with Gasteiger partial charge in [-0.1, -0.05) is 48.5 Å². The number of nitrogens with zero attached hydrogens (tertiary/aromatic N) is 3. The summed E-state index contributed by atoms with van der Waals surface area (Å²) in [4.78, 5) is 17.2. The van der Waals surface area contributed by atoms with Crippen molar-refractivity contribution < 1.29 is 4.79 Å². The number of rotatable bonds is 1. The molecule has 0 aromatic heterocycles. The molecule has 2 heterocycles. The van der Waals surface area contributed by atoms with Gasteiger partial charge in [-0.15, -0.1) is 0 Å². The first-order valence-corrected chi connectivity index (χ1v) is 9.77. The highest BCUT2D eigenvalue weighted by molar-refractivity contribution is 5.94. The van der Waals surface area contributed by atoms with Crippen molar-refractivity contribution in [2.24, 2.45) is 0 Å². The van der Waals surface area contributed by atoms with Crippen LogP contribution in [0.2, 0.25) is 0 Å². The molecule has 4 rings (SSSR count). The molecule has 1 fully saturated rings. The summed E-state index contributed by atoms with van der Waals surface area (Å²) in [5, 5.41) is 9.88. The Morgan fingerprint density at radius 2 is 1.74 bits per heavy atom. The fourth-order valence-electron chi connectivity index (χ4n) is 4.43. The van der Waals surface area contributed by atoms with Crippen molar-refractivity contribution >= 4 is 11.7 Å². The third-order valence-electron chi connectivity index (χ3n) is 6.16. The first-order chi connectivity index (χ1) is 13.1. The maximum atomic E-state index is 13.3. The van der Waals surface area contributed by atoms with Crippen LogP contribution in [-0.4, -0.2) is 30.1 Å². The van der Waals surface area contributed by atoms with Gasteiger partial charge in [0.05, 0.1) is 11.5 Å². The number of piperidine rings is 1. The van der Waals surface area contributed by atoms with E-state index in [4.69, 9.17) is 0 Å². The normalized spacial score (nSPS) is 21.3. The number of anilines is 1. The third kappa shape index (κ3) is 3.08. The predicted molar refractivity (Wildman–Crippen MR) is 107 cm³/mol. The van der Waals surface area contributed by atoms with Gasteiger partial charge >= 0.3 is 6.03 Å². The second kappa shape index (κ2) is 7.08. The van der Waals surface area contributed by atoms with Crippen molar-refractivity contribution in [2.75, 3.05) is 18.0 Å². The summed E-state index contributed by atoms with van der Waals surface area (Å²) in [5.74, 6) is 0. The van der Waals surface area contributed by atoms with Crippen LogP contribution in [0.25, 0.3) is 0 Å². The minimum atomic E-state index is -0.483. The van der Waals surface area contributed by atoms with Crippen LogP contribution in [0.3, 0.4) is 0 Å².